The van der Waals surface area contributed by atoms with E-state index in [-0.39, 0.29) is 17.9 Å². The lowest BCUT2D eigenvalue weighted by Crippen LogP contribution is -2.06. The SMILES string of the molecule is O=C(O)CCCCc1ccc(S(=O)(=O)OCc2ccc(F)cc2)cc1. The first-order valence-corrected chi connectivity index (χ1v) is 9.22. The third-order valence-corrected chi connectivity index (χ3v) is 4.89. The molecule has 0 unspecified atom stereocenters. The first-order valence-electron chi connectivity index (χ1n) is 7.81. The van der Waals surface area contributed by atoms with Gasteiger partial charge < -0.3 is 5.11 Å². The summed E-state index contributed by atoms with van der Waals surface area (Å²) in [5, 5.41) is 8.58. The number of rotatable bonds is 9. The van der Waals surface area contributed by atoms with Crippen LogP contribution in [0.4, 0.5) is 4.39 Å². The van der Waals surface area contributed by atoms with Crippen molar-refractivity contribution < 1.29 is 26.9 Å². The van der Waals surface area contributed by atoms with Crippen molar-refractivity contribution in [3.8, 4) is 0 Å². The van der Waals surface area contributed by atoms with Crippen LogP contribution in [0.25, 0.3) is 0 Å². The van der Waals surface area contributed by atoms with Crippen LogP contribution >= 0.6 is 0 Å². The van der Waals surface area contributed by atoms with Crippen molar-refractivity contribution in [2.75, 3.05) is 0 Å². The Morgan fingerprint density at radius 3 is 2.16 bits per heavy atom. The zero-order valence-corrected chi connectivity index (χ0v) is 14.3. The molecule has 2 rings (SSSR count). The predicted molar refractivity (Wildman–Crippen MR) is 90.0 cm³/mol. The van der Waals surface area contributed by atoms with Crippen LogP contribution < -0.4 is 0 Å². The van der Waals surface area contributed by atoms with Gasteiger partial charge >= 0.3 is 5.97 Å². The Morgan fingerprint density at radius 2 is 1.56 bits per heavy atom. The minimum absolute atomic E-state index is 0.0453. The number of unbranched alkanes of at least 4 members (excludes halogenated alkanes) is 1. The van der Waals surface area contributed by atoms with Gasteiger partial charge in [-0.25, -0.2) is 4.39 Å². The molecule has 0 atom stereocenters. The maximum Gasteiger partial charge on any atom is 0.303 e. The Bertz CT molecular complexity index is 798. The molecule has 0 bridgehead atoms. The van der Waals surface area contributed by atoms with Gasteiger partial charge in [0, 0.05) is 6.42 Å². The minimum Gasteiger partial charge on any atom is -0.481 e. The Balaban J connectivity index is 1.90. The van der Waals surface area contributed by atoms with Gasteiger partial charge in [-0.15, -0.1) is 0 Å². The molecule has 0 heterocycles. The number of carboxylic acid groups (broad SMARTS) is 1. The van der Waals surface area contributed by atoms with E-state index in [0.29, 0.717) is 18.4 Å². The van der Waals surface area contributed by atoms with Crippen molar-refractivity contribution in [2.45, 2.75) is 37.2 Å². The van der Waals surface area contributed by atoms with Crippen molar-refractivity contribution in [2.24, 2.45) is 0 Å². The lowest BCUT2D eigenvalue weighted by atomic mass is 10.1. The van der Waals surface area contributed by atoms with E-state index >= 15 is 0 Å². The number of hydrogen-bond acceptors (Lipinski definition) is 4. The average molecular weight is 366 g/mol. The van der Waals surface area contributed by atoms with Gasteiger partial charge in [0.15, 0.2) is 0 Å². The average Bonchev–Trinajstić information content (AvgIpc) is 2.58. The van der Waals surface area contributed by atoms with E-state index < -0.39 is 21.9 Å². The topological polar surface area (TPSA) is 80.7 Å². The van der Waals surface area contributed by atoms with Gasteiger partial charge in [0.1, 0.15) is 5.82 Å². The van der Waals surface area contributed by atoms with Crippen molar-refractivity contribution in [3.63, 3.8) is 0 Å². The summed E-state index contributed by atoms with van der Waals surface area (Å²) in [6.45, 7) is -0.167. The molecular formula is C18H19FO5S. The smallest absolute Gasteiger partial charge is 0.303 e. The number of carbonyl (C=O) groups is 1. The van der Waals surface area contributed by atoms with Crippen LogP contribution in [-0.4, -0.2) is 19.5 Å². The summed E-state index contributed by atoms with van der Waals surface area (Å²) in [7, 11) is -3.89. The highest BCUT2D eigenvalue weighted by Crippen LogP contribution is 2.17. The van der Waals surface area contributed by atoms with E-state index in [1.54, 1.807) is 12.1 Å². The minimum atomic E-state index is -3.89. The van der Waals surface area contributed by atoms with E-state index in [2.05, 4.69) is 0 Å². The largest absolute Gasteiger partial charge is 0.481 e. The van der Waals surface area contributed by atoms with Crippen molar-refractivity contribution in [1.29, 1.82) is 0 Å². The van der Waals surface area contributed by atoms with Crippen LogP contribution in [0.2, 0.25) is 0 Å². The molecule has 0 aromatic heterocycles. The first kappa shape index (κ1) is 19.1. The Labute approximate surface area is 146 Å². The Morgan fingerprint density at radius 1 is 0.960 bits per heavy atom. The summed E-state index contributed by atoms with van der Waals surface area (Å²) in [5.74, 6) is -1.22. The van der Waals surface area contributed by atoms with Crippen LogP contribution in [0.5, 0.6) is 0 Å². The Hall–Kier alpha value is -2.25. The number of aryl methyl sites for hydroxylation is 1. The third kappa shape index (κ3) is 6.28. The van der Waals surface area contributed by atoms with E-state index in [1.165, 1.54) is 36.4 Å². The van der Waals surface area contributed by atoms with Gasteiger partial charge in [-0.1, -0.05) is 24.3 Å². The molecular weight excluding hydrogens is 347 g/mol. The fourth-order valence-electron chi connectivity index (χ4n) is 2.22. The summed E-state index contributed by atoms with van der Waals surface area (Å²) in [5.41, 5.74) is 1.49. The van der Waals surface area contributed by atoms with Crippen LogP contribution in [-0.2, 0) is 32.1 Å². The number of carboxylic acids is 1. The molecule has 25 heavy (non-hydrogen) atoms. The van der Waals surface area contributed by atoms with Gasteiger partial charge in [-0.3, -0.25) is 8.98 Å². The zero-order chi connectivity index (χ0) is 18.3. The van der Waals surface area contributed by atoms with E-state index in [4.69, 9.17) is 9.29 Å². The number of halogens is 1. The maximum atomic E-state index is 12.8. The summed E-state index contributed by atoms with van der Waals surface area (Å²) in [6, 6.07) is 11.7. The molecule has 0 aliphatic rings. The third-order valence-electron chi connectivity index (χ3n) is 3.61. The van der Waals surface area contributed by atoms with Crippen molar-refractivity contribution >= 4 is 16.1 Å². The molecule has 7 heteroatoms. The fraction of sp³-hybridized carbons (Fsp3) is 0.278. The second kappa shape index (κ2) is 8.73. The molecule has 0 saturated carbocycles. The normalized spacial score (nSPS) is 11.4. The molecule has 2 aromatic rings. The molecule has 5 nitrogen and oxygen atoms in total. The van der Waals surface area contributed by atoms with Crippen LogP contribution in [0, 0.1) is 5.82 Å². The van der Waals surface area contributed by atoms with Crippen LogP contribution in [0.1, 0.15) is 30.4 Å². The number of benzene rings is 2. The molecule has 1 N–H and O–H groups in total. The highest BCUT2D eigenvalue weighted by Gasteiger charge is 2.15. The fourth-order valence-corrected chi connectivity index (χ4v) is 3.12. The van der Waals surface area contributed by atoms with Gasteiger partial charge in [0.25, 0.3) is 10.1 Å². The molecule has 134 valence electrons. The van der Waals surface area contributed by atoms with Crippen molar-refractivity contribution in [1.82, 2.24) is 0 Å². The molecule has 0 radical (unpaired) electrons. The second-order valence-electron chi connectivity index (χ2n) is 5.59. The van der Waals surface area contributed by atoms with E-state index in [0.717, 1.165) is 12.0 Å². The van der Waals surface area contributed by atoms with Crippen LogP contribution in [0.3, 0.4) is 0 Å². The molecule has 0 amide bonds. The molecule has 0 saturated heterocycles. The molecule has 0 aliphatic heterocycles. The monoisotopic (exact) mass is 366 g/mol. The lowest BCUT2D eigenvalue weighted by molar-refractivity contribution is -0.137. The molecule has 2 aromatic carbocycles. The summed E-state index contributed by atoms with van der Waals surface area (Å²) >= 11 is 0. The van der Waals surface area contributed by atoms with Crippen molar-refractivity contribution in [3.05, 3.63) is 65.5 Å². The molecule has 0 spiro atoms. The van der Waals surface area contributed by atoms with Gasteiger partial charge in [0.2, 0.25) is 0 Å². The quantitative estimate of drug-likeness (QED) is 0.542. The molecule has 0 fully saturated rings. The second-order valence-corrected chi connectivity index (χ2v) is 7.20. The zero-order valence-electron chi connectivity index (χ0n) is 13.5. The highest BCUT2D eigenvalue weighted by atomic mass is 32.2. The van der Waals surface area contributed by atoms with E-state index in [9.17, 15) is 17.6 Å². The Kier molecular flexibility index (Phi) is 6.66. The number of hydrogen-bond donors (Lipinski definition) is 1. The lowest BCUT2D eigenvalue weighted by Gasteiger charge is -2.07. The van der Waals surface area contributed by atoms with Gasteiger partial charge in [-0.2, -0.15) is 8.42 Å². The summed E-state index contributed by atoms with van der Waals surface area (Å²) < 4.78 is 42.1. The maximum absolute atomic E-state index is 12.8. The van der Waals surface area contributed by atoms with Gasteiger partial charge in [0.05, 0.1) is 11.5 Å². The summed E-state index contributed by atoms with van der Waals surface area (Å²) in [6.07, 6.45) is 2.11. The predicted octanol–water partition coefficient (Wildman–Crippen LogP) is 3.53. The summed E-state index contributed by atoms with van der Waals surface area (Å²) in [4.78, 5) is 10.5. The molecule has 0 aliphatic carbocycles. The van der Waals surface area contributed by atoms with Crippen LogP contribution in [0.15, 0.2) is 53.4 Å². The number of aliphatic carboxylic acids is 1. The van der Waals surface area contributed by atoms with E-state index in [1.807, 2.05) is 0 Å². The highest BCUT2D eigenvalue weighted by molar-refractivity contribution is 7.86. The first-order chi connectivity index (χ1) is 11.9. The van der Waals surface area contributed by atoms with Gasteiger partial charge in [-0.05, 0) is 54.7 Å². The standard InChI is InChI=1S/C18H19FO5S/c19-16-9-5-15(6-10-16)13-24-25(22,23)17-11-7-14(8-12-17)3-1-2-4-18(20)21/h5-12H,1-4,13H2,(H,20,21).